The van der Waals surface area contributed by atoms with E-state index in [1.54, 1.807) is 0 Å². The molecule has 0 spiro atoms. The number of amides is 1. The normalized spacial score (nSPS) is 17.8. The molecule has 1 aliphatic heterocycles. The second-order valence-electron chi connectivity index (χ2n) is 7.91. The Balaban J connectivity index is 1.57. The number of nitrogens with one attached hydrogen (secondary N) is 1. The predicted octanol–water partition coefficient (Wildman–Crippen LogP) is 3.92. The summed E-state index contributed by atoms with van der Waals surface area (Å²) in [6, 6.07) is 15.9. The zero-order valence-electron chi connectivity index (χ0n) is 17.2. The molecule has 2 aromatic rings. The van der Waals surface area contributed by atoms with Crippen LogP contribution < -0.4 is 5.32 Å². The van der Waals surface area contributed by atoms with Crippen LogP contribution in [0.5, 0.6) is 0 Å². The molecule has 0 aliphatic carbocycles. The third-order valence-electron chi connectivity index (χ3n) is 5.51. The van der Waals surface area contributed by atoms with Crippen LogP contribution in [0.3, 0.4) is 0 Å². The summed E-state index contributed by atoms with van der Waals surface area (Å²) in [5, 5.41) is 3.00. The molecular weight excluding hydrogens is 384 g/mol. The second kappa shape index (κ2) is 9.55. The molecular formula is C23H30N2O3S. The number of benzene rings is 2. The number of sulfonamides is 1. The minimum atomic E-state index is -3.35. The molecule has 0 aromatic heterocycles. The van der Waals surface area contributed by atoms with E-state index in [9.17, 15) is 13.2 Å². The SMILES string of the molecule is Cc1ccc(C)c(NC(=O)C2CCCN(S(=O)(=O)CCCc3ccccc3)C2)c1. The summed E-state index contributed by atoms with van der Waals surface area (Å²) in [7, 11) is -3.35. The smallest absolute Gasteiger partial charge is 0.228 e. The molecule has 0 saturated carbocycles. The number of rotatable bonds is 7. The molecule has 0 bridgehead atoms. The van der Waals surface area contributed by atoms with Gasteiger partial charge >= 0.3 is 0 Å². The molecule has 2 aromatic carbocycles. The van der Waals surface area contributed by atoms with E-state index < -0.39 is 10.0 Å². The van der Waals surface area contributed by atoms with E-state index in [-0.39, 0.29) is 24.1 Å². The number of anilines is 1. The van der Waals surface area contributed by atoms with Crippen LogP contribution in [-0.4, -0.2) is 37.5 Å². The van der Waals surface area contributed by atoms with Crippen molar-refractivity contribution in [2.75, 3.05) is 24.2 Å². The lowest BCUT2D eigenvalue weighted by Gasteiger charge is -2.31. The van der Waals surface area contributed by atoms with Gasteiger partial charge in [0.15, 0.2) is 0 Å². The average molecular weight is 415 g/mol. The van der Waals surface area contributed by atoms with E-state index in [4.69, 9.17) is 0 Å². The van der Waals surface area contributed by atoms with Crippen molar-refractivity contribution in [2.24, 2.45) is 5.92 Å². The largest absolute Gasteiger partial charge is 0.326 e. The highest BCUT2D eigenvalue weighted by atomic mass is 32.2. The quantitative estimate of drug-likeness (QED) is 0.747. The van der Waals surface area contributed by atoms with Gasteiger partial charge in [0.25, 0.3) is 0 Å². The van der Waals surface area contributed by atoms with E-state index in [1.165, 1.54) is 4.31 Å². The van der Waals surface area contributed by atoms with Crippen molar-refractivity contribution in [2.45, 2.75) is 39.5 Å². The topological polar surface area (TPSA) is 66.5 Å². The molecule has 3 rings (SSSR count). The fourth-order valence-corrected chi connectivity index (χ4v) is 5.33. The van der Waals surface area contributed by atoms with Crippen molar-refractivity contribution in [1.29, 1.82) is 0 Å². The molecule has 1 fully saturated rings. The first kappa shape index (κ1) is 21.5. The van der Waals surface area contributed by atoms with Gasteiger partial charge in [-0.15, -0.1) is 0 Å². The Morgan fingerprint density at radius 3 is 2.66 bits per heavy atom. The second-order valence-corrected chi connectivity index (χ2v) is 10.00. The van der Waals surface area contributed by atoms with Crippen LogP contribution in [-0.2, 0) is 21.2 Å². The molecule has 156 valence electrons. The predicted molar refractivity (Wildman–Crippen MR) is 117 cm³/mol. The Bertz CT molecular complexity index is 942. The lowest BCUT2D eigenvalue weighted by Crippen LogP contribution is -2.44. The minimum Gasteiger partial charge on any atom is -0.326 e. The lowest BCUT2D eigenvalue weighted by molar-refractivity contribution is -0.120. The van der Waals surface area contributed by atoms with Crippen molar-refractivity contribution in [3.8, 4) is 0 Å². The Kier molecular flexibility index (Phi) is 7.09. The zero-order chi connectivity index (χ0) is 20.9. The number of hydrogen-bond acceptors (Lipinski definition) is 3. The number of aryl methyl sites for hydroxylation is 3. The van der Waals surface area contributed by atoms with Gasteiger partial charge in [-0.3, -0.25) is 4.79 Å². The van der Waals surface area contributed by atoms with Crippen LogP contribution in [0.15, 0.2) is 48.5 Å². The molecule has 1 unspecified atom stereocenters. The van der Waals surface area contributed by atoms with Crippen molar-refractivity contribution in [3.05, 3.63) is 65.2 Å². The Morgan fingerprint density at radius 2 is 1.90 bits per heavy atom. The molecule has 1 aliphatic rings. The van der Waals surface area contributed by atoms with Gasteiger partial charge in [0, 0.05) is 18.8 Å². The summed E-state index contributed by atoms with van der Waals surface area (Å²) in [4.78, 5) is 12.8. The number of nitrogens with zero attached hydrogens (tertiary/aromatic N) is 1. The van der Waals surface area contributed by atoms with Crippen LogP contribution in [0, 0.1) is 19.8 Å². The van der Waals surface area contributed by atoms with E-state index in [1.807, 2.05) is 62.4 Å². The summed E-state index contributed by atoms with van der Waals surface area (Å²) in [5.74, 6) is -0.289. The maximum absolute atomic E-state index is 12.8. The fourth-order valence-electron chi connectivity index (χ4n) is 3.75. The summed E-state index contributed by atoms with van der Waals surface area (Å²) >= 11 is 0. The van der Waals surface area contributed by atoms with Gasteiger partial charge in [-0.25, -0.2) is 12.7 Å². The minimum absolute atomic E-state index is 0.0946. The Labute approximate surface area is 174 Å². The Hall–Kier alpha value is -2.18. The number of carbonyl (C=O) groups excluding carboxylic acids is 1. The molecule has 1 amide bonds. The van der Waals surface area contributed by atoms with E-state index in [0.717, 1.165) is 28.8 Å². The summed E-state index contributed by atoms with van der Waals surface area (Å²) < 4.78 is 27.1. The molecule has 1 heterocycles. The van der Waals surface area contributed by atoms with Crippen molar-refractivity contribution >= 4 is 21.6 Å². The molecule has 6 heteroatoms. The highest BCUT2D eigenvalue weighted by Gasteiger charge is 2.32. The van der Waals surface area contributed by atoms with Gasteiger partial charge in [-0.2, -0.15) is 0 Å². The fraction of sp³-hybridized carbons (Fsp3) is 0.435. The number of hydrogen-bond donors (Lipinski definition) is 1. The van der Waals surface area contributed by atoms with E-state index in [0.29, 0.717) is 25.8 Å². The molecule has 5 nitrogen and oxygen atoms in total. The first-order valence-corrected chi connectivity index (χ1v) is 11.9. The Morgan fingerprint density at radius 1 is 1.14 bits per heavy atom. The van der Waals surface area contributed by atoms with Gasteiger partial charge in [0.05, 0.1) is 11.7 Å². The summed E-state index contributed by atoms with van der Waals surface area (Å²) in [5.41, 5.74) is 4.03. The van der Waals surface area contributed by atoms with Crippen LogP contribution in [0.25, 0.3) is 0 Å². The van der Waals surface area contributed by atoms with Crippen LogP contribution >= 0.6 is 0 Å². The summed E-state index contributed by atoms with van der Waals surface area (Å²) in [6.07, 6.45) is 2.75. The van der Waals surface area contributed by atoms with Gasteiger partial charge in [-0.1, -0.05) is 42.5 Å². The van der Waals surface area contributed by atoms with Crippen molar-refractivity contribution in [1.82, 2.24) is 4.31 Å². The average Bonchev–Trinajstić information content (AvgIpc) is 2.71. The van der Waals surface area contributed by atoms with Gasteiger partial charge in [0.1, 0.15) is 0 Å². The maximum Gasteiger partial charge on any atom is 0.228 e. The molecule has 0 radical (unpaired) electrons. The van der Waals surface area contributed by atoms with Crippen molar-refractivity contribution < 1.29 is 13.2 Å². The molecule has 1 N–H and O–H groups in total. The standard InChI is InChI=1S/C23H30N2O3S/c1-18-12-13-19(2)22(16-18)24-23(26)21-11-6-14-25(17-21)29(27,28)15-7-10-20-8-4-3-5-9-20/h3-5,8-9,12-13,16,21H,6-7,10-11,14-15,17H2,1-2H3,(H,24,26). The van der Waals surface area contributed by atoms with Crippen LogP contribution in [0.4, 0.5) is 5.69 Å². The first-order chi connectivity index (χ1) is 13.8. The van der Waals surface area contributed by atoms with Gasteiger partial charge in [0.2, 0.25) is 15.9 Å². The van der Waals surface area contributed by atoms with E-state index >= 15 is 0 Å². The molecule has 29 heavy (non-hydrogen) atoms. The highest BCUT2D eigenvalue weighted by molar-refractivity contribution is 7.89. The van der Waals surface area contributed by atoms with Gasteiger partial charge < -0.3 is 5.32 Å². The highest BCUT2D eigenvalue weighted by Crippen LogP contribution is 2.23. The molecule has 1 saturated heterocycles. The summed E-state index contributed by atoms with van der Waals surface area (Å²) in [6.45, 7) is 4.71. The maximum atomic E-state index is 12.8. The molecule has 1 atom stereocenters. The lowest BCUT2D eigenvalue weighted by atomic mass is 9.98. The van der Waals surface area contributed by atoms with Crippen molar-refractivity contribution in [3.63, 3.8) is 0 Å². The first-order valence-electron chi connectivity index (χ1n) is 10.2. The third-order valence-corrected chi connectivity index (χ3v) is 7.43. The third kappa shape index (κ3) is 5.90. The van der Waals surface area contributed by atoms with Crippen LogP contribution in [0.2, 0.25) is 0 Å². The van der Waals surface area contributed by atoms with Crippen LogP contribution in [0.1, 0.15) is 36.0 Å². The number of piperidine rings is 1. The number of carbonyl (C=O) groups is 1. The van der Waals surface area contributed by atoms with Gasteiger partial charge in [-0.05, 0) is 62.3 Å². The monoisotopic (exact) mass is 414 g/mol. The van der Waals surface area contributed by atoms with E-state index in [2.05, 4.69) is 5.32 Å². The zero-order valence-corrected chi connectivity index (χ0v) is 18.0.